The van der Waals surface area contributed by atoms with Gasteiger partial charge in [0.2, 0.25) is 0 Å². The van der Waals surface area contributed by atoms with E-state index in [1.165, 1.54) is 0 Å². The van der Waals surface area contributed by atoms with Gasteiger partial charge < -0.3 is 33.2 Å². The summed E-state index contributed by atoms with van der Waals surface area (Å²) in [6, 6.07) is 0. The molecular formula is C20H30O9. The molecule has 3 fully saturated rings. The summed E-state index contributed by atoms with van der Waals surface area (Å²) in [5, 5.41) is 0. The Hall–Kier alpha value is -1.52. The van der Waals surface area contributed by atoms with Gasteiger partial charge in [0.15, 0.2) is 30.1 Å². The van der Waals surface area contributed by atoms with Crippen LogP contribution in [0.15, 0.2) is 12.8 Å². The average Bonchev–Trinajstić information content (AvgIpc) is 3.22. The summed E-state index contributed by atoms with van der Waals surface area (Å²) in [5.41, 5.74) is 0. The number of hydrogen-bond acceptors (Lipinski definition) is 9. The lowest BCUT2D eigenvalue weighted by Crippen LogP contribution is -2.45. The maximum absolute atomic E-state index is 12.4. The van der Waals surface area contributed by atoms with Crippen LogP contribution in [0.4, 0.5) is 0 Å². The van der Waals surface area contributed by atoms with E-state index in [2.05, 4.69) is 11.3 Å². The fraction of sp³-hybridized carbons (Fsp3) is 0.800. The van der Waals surface area contributed by atoms with Gasteiger partial charge in [-0.25, -0.2) is 0 Å². The molecule has 3 heterocycles. The highest BCUT2D eigenvalue weighted by molar-refractivity contribution is 5.71. The van der Waals surface area contributed by atoms with Crippen LogP contribution in [0.25, 0.3) is 0 Å². The fourth-order valence-electron chi connectivity index (χ4n) is 3.72. The van der Waals surface area contributed by atoms with Gasteiger partial charge in [-0.2, -0.15) is 0 Å². The number of ether oxygens (including phenoxy) is 7. The zero-order valence-corrected chi connectivity index (χ0v) is 17.4. The van der Waals surface area contributed by atoms with Gasteiger partial charge in [-0.3, -0.25) is 9.59 Å². The lowest BCUT2D eigenvalue weighted by molar-refractivity contribution is -0.235. The van der Waals surface area contributed by atoms with E-state index in [1.807, 2.05) is 13.8 Å². The van der Waals surface area contributed by atoms with Crippen LogP contribution in [0.1, 0.15) is 53.4 Å². The number of carbonyl (C=O) groups is 2. The number of rotatable bonds is 8. The van der Waals surface area contributed by atoms with Gasteiger partial charge in [-0.15, -0.1) is 0 Å². The molecule has 0 radical (unpaired) electrons. The zero-order valence-electron chi connectivity index (χ0n) is 17.4. The van der Waals surface area contributed by atoms with Crippen molar-refractivity contribution in [3.63, 3.8) is 0 Å². The minimum atomic E-state index is -0.831. The van der Waals surface area contributed by atoms with Crippen molar-refractivity contribution in [1.82, 2.24) is 0 Å². The third-order valence-corrected chi connectivity index (χ3v) is 4.92. The van der Waals surface area contributed by atoms with Crippen molar-refractivity contribution >= 4 is 11.9 Å². The van der Waals surface area contributed by atoms with E-state index in [0.717, 1.165) is 6.26 Å². The van der Waals surface area contributed by atoms with Crippen molar-refractivity contribution in [2.75, 3.05) is 6.61 Å². The number of carbonyl (C=O) groups excluding carboxylic acids is 2. The molecule has 9 nitrogen and oxygen atoms in total. The second kappa shape index (κ2) is 8.69. The summed E-state index contributed by atoms with van der Waals surface area (Å²) >= 11 is 0. The molecule has 3 saturated heterocycles. The highest BCUT2D eigenvalue weighted by atomic mass is 16.8. The molecule has 0 aliphatic carbocycles. The average molecular weight is 414 g/mol. The van der Waals surface area contributed by atoms with Gasteiger partial charge in [-0.1, -0.05) is 6.58 Å². The van der Waals surface area contributed by atoms with Gasteiger partial charge in [-0.05, 0) is 40.5 Å². The highest BCUT2D eigenvalue weighted by Crippen LogP contribution is 2.42. The van der Waals surface area contributed by atoms with E-state index in [9.17, 15) is 9.59 Å². The van der Waals surface area contributed by atoms with E-state index in [1.54, 1.807) is 13.8 Å². The molecule has 3 rings (SSSR count). The summed E-state index contributed by atoms with van der Waals surface area (Å²) in [6.45, 7) is 10.8. The monoisotopic (exact) mass is 414 g/mol. The Morgan fingerprint density at radius 3 is 2.31 bits per heavy atom. The summed E-state index contributed by atoms with van der Waals surface area (Å²) < 4.78 is 39.6. The number of unbranched alkanes of at least 4 members (excludes halogenated alkanes) is 1. The molecule has 1 unspecified atom stereocenters. The second-order valence-corrected chi connectivity index (χ2v) is 8.25. The molecule has 3 aliphatic rings. The van der Waals surface area contributed by atoms with Crippen molar-refractivity contribution < 1.29 is 42.7 Å². The third-order valence-electron chi connectivity index (χ3n) is 4.92. The molecule has 0 aromatic carbocycles. The quantitative estimate of drug-likeness (QED) is 0.336. The molecule has 0 N–H and O–H groups in total. The van der Waals surface area contributed by atoms with Crippen molar-refractivity contribution in [2.45, 2.75) is 95.7 Å². The number of hydrogen-bond donors (Lipinski definition) is 0. The van der Waals surface area contributed by atoms with Crippen molar-refractivity contribution in [3.8, 4) is 0 Å². The first-order valence-corrected chi connectivity index (χ1v) is 9.93. The molecular weight excluding hydrogens is 384 g/mol. The minimum Gasteiger partial charge on any atom is -0.456 e. The Morgan fingerprint density at radius 2 is 1.69 bits per heavy atom. The third kappa shape index (κ3) is 5.55. The Balaban J connectivity index is 1.56. The van der Waals surface area contributed by atoms with Crippen LogP contribution >= 0.6 is 0 Å². The minimum absolute atomic E-state index is 0.166. The lowest BCUT2D eigenvalue weighted by Gasteiger charge is -2.28. The normalized spacial score (nSPS) is 34.6. The van der Waals surface area contributed by atoms with Crippen LogP contribution in [-0.2, 0) is 42.7 Å². The highest BCUT2D eigenvalue weighted by Gasteiger charge is 2.59. The topological polar surface area (TPSA) is 98.8 Å². The first-order valence-electron chi connectivity index (χ1n) is 9.93. The summed E-state index contributed by atoms with van der Waals surface area (Å²) in [6.07, 6.45) is -0.354. The lowest BCUT2D eigenvalue weighted by atomic mass is 10.1. The van der Waals surface area contributed by atoms with E-state index in [0.29, 0.717) is 19.4 Å². The molecule has 0 spiro atoms. The van der Waals surface area contributed by atoms with Gasteiger partial charge >= 0.3 is 11.9 Å². The number of fused-ring (bicyclic) bond motifs is 1. The van der Waals surface area contributed by atoms with Crippen molar-refractivity contribution in [1.29, 1.82) is 0 Å². The Bertz CT molecular complexity index is 629. The largest absolute Gasteiger partial charge is 0.456 e. The molecule has 5 atom stereocenters. The molecule has 0 bridgehead atoms. The molecule has 9 heteroatoms. The maximum Gasteiger partial charge on any atom is 0.310 e. The molecule has 3 aliphatic heterocycles. The Kier molecular flexibility index (Phi) is 6.64. The molecule has 0 aromatic heterocycles. The number of esters is 2. The fourth-order valence-corrected chi connectivity index (χ4v) is 3.72. The molecule has 0 amide bonds. The smallest absolute Gasteiger partial charge is 0.310 e. The van der Waals surface area contributed by atoms with Crippen LogP contribution in [0.2, 0.25) is 0 Å². The van der Waals surface area contributed by atoms with Crippen LogP contribution < -0.4 is 0 Å². The van der Waals surface area contributed by atoms with Gasteiger partial charge in [0.25, 0.3) is 0 Å². The van der Waals surface area contributed by atoms with Gasteiger partial charge in [0, 0.05) is 12.8 Å². The first kappa shape index (κ1) is 22.2. The van der Waals surface area contributed by atoms with E-state index >= 15 is 0 Å². The first-order chi connectivity index (χ1) is 13.6. The van der Waals surface area contributed by atoms with Crippen LogP contribution in [-0.4, -0.2) is 60.8 Å². The Morgan fingerprint density at radius 1 is 1.00 bits per heavy atom. The molecule has 29 heavy (non-hydrogen) atoms. The van der Waals surface area contributed by atoms with Crippen LogP contribution in [0, 0.1) is 0 Å². The summed E-state index contributed by atoms with van der Waals surface area (Å²) in [5.74, 6) is -2.34. The van der Waals surface area contributed by atoms with E-state index in [-0.39, 0.29) is 18.8 Å². The standard InChI is InChI=1S/C20H30O9/c1-6-23-13(21)9-7-8-10-14(22)25-16-15(12-11-24-19(2,3)27-12)26-18-17(16)28-20(4,5)29-18/h6,12,15-18H,1,7-11H2,2-5H3/t12?,15-,16+,17-,18-/m1/s1. The second-order valence-electron chi connectivity index (χ2n) is 8.25. The SMILES string of the molecule is C=COC(=O)CCCCC(=O)O[C@@H]1[C@H]2OC(C)(C)O[C@H]2O[C@@H]1C1COC(C)(C)O1. The summed E-state index contributed by atoms with van der Waals surface area (Å²) in [7, 11) is 0. The van der Waals surface area contributed by atoms with E-state index < -0.39 is 48.2 Å². The molecule has 0 saturated carbocycles. The molecule has 164 valence electrons. The Labute approximate surface area is 170 Å². The summed E-state index contributed by atoms with van der Waals surface area (Å²) in [4.78, 5) is 23.7. The van der Waals surface area contributed by atoms with Crippen LogP contribution in [0.5, 0.6) is 0 Å². The molecule has 0 aromatic rings. The van der Waals surface area contributed by atoms with E-state index in [4.69, 9.17) is 28.4 Å². The maximum atomic E-state index is 12.4. The zero-order chi connectivity index (χ0) is 21.2. The predicted molar refractivity (Wildman–Crippen MR) is 98.2 cm³/mol. The van der Waals surface area contributed by atoms with Crippen molar-refractivity contribution in [3.05, 3.63) is 12.8 Å². The van der Waals surface area contributed by atoms with Crippen molar-refractivity contribution in [2.24, 2.45) is 0 Å². The predicted octanol–water partition coefficient (Wildman–Crippen LogP) is 2.17. The van der Waals surface area contributed by atoms with Crippen LogP contribution in [0.3, 0.4) is 0 Å². The van der Waals surface area contributed by atoms with Gasteiger partial charge in [0.1, 0.15) is 12.2 Å². The van der Waals surface area contributed by atoms with Gasteiger partial charge in [0.05, 0.1) is 12.9 Å².